The normalized spacial score (nSPS) is 18.3. The third-order valence-corrected chi connectivity index (χ3v) is 5.37. The van der Waals surface area contributed by atoms with Crippen molar-refractivity contribution in [2.45, 2.75) is 13.0 Å². The largest absolute Gasteiger partial charge is 0.507 e. The molecular formula is C23H17BrN2O3. The van der Waals surface area contributed by atoms with Crippen molar-refractivity contribution in [2.75, 3.05) is 4.90 Å². The molecule has 0 aliphatic carbocycles. The first-order valence-electron chi connectivity index (χ1n) is 9.01. The molecule has 6 heteroatoms. The zero-order valence-electron chi connectivity index (χ0n) is 15.5. The molecule has 5 nitrogen and oxygen atoms in total. The van der Waals surface area contributed by atoms with Gasteiger partial charge in [-0.15, -0.1) is 0 Å². The molecule has 0 spiro atoms. The van der Waals surface area contributed by atoms with Crippen molar-refractivity contribution in [2.24, 2.45) is 0 Å². The first-order chi connectivity index (χ1) is 14.0. The topological polar surface area (TPSA) is 70.5 Å². The number of aliphatic hydroxyl groups is 1. The van der Waals surface area contributed by atoms with Crippen LogP contribution in [0, 0.1) is 6.92 Å². The lowest BCUT2D eigenvalue weighted by Crippen LogP contribution is -2.29. The minimum absolute atomic E-state index is 0.0480. The maximum Gasteiger partial charge on any atom is 0.300 e. The third-order valence-electron chi connectivity index (χ3n) is 4.84. The molecule has 144 valence electrons. The number of rotatable bonds is 3. The molecule has 1 aliphatic heterocycles. The molecule has 1 unspecified atom stereocenters. The molecule has 1 amide bonds. The highest BCUT2D eigenvalue weighted by Gasteiger charge is 2.47. The number of ketones is 1. The van der Waals surface area contributed by atoms with Crippen LogP contribution < -0.4 is 4.90 Å². The van der Waals surface area contributed by atoms with Gasteiger partial charge in [-0.2, -0.15) is 0 Å². The van der Waals surface area contributed by atoms with Crippen LogP contribution >= 0.6 is 15.9 Å². The van der Waals surface area contributed by atoms with Crippen LogP contribution in [-0.2, 0) is 9.59 Å². The van der Waals surface area contributed by atoms with Crippen molar-refractivity contribution in [3.05, 3.63) is 99.8 Å². The molecule has 2 aromatic carbocycles. The monoisotopic (exact) mass is 448 g/mol. The molecule has 1 atom stereocenters. The summed E-state index contributed by atoms with van der Waals surface area (Å²) in [6.45, 7) is 1.92. The van der Waals surface area contributed by atoms with E-state index in [0.29, 0.717) is 16.8 Å². The quantitative estimate of drug-likeness (QED) is 0.355. The molecule has 0 bridgehead atoms. The van der Waals surface area contributed by atoms with E-state index in [9.17, 15) is 14.7 Å². The van der Waals surface area contributed by atoms with E-state index in [4.69, 9.17) is 0 Å². The lowest BCUT2D eigenvalue weighted by molar-refractivity contribution is -0.132. The van der Waals surface area contributed by atoms with E-state index < -0.39 is 17.7 Å². The van der Waals surface area contributed by atoms with Crippen LogP contribution in [0.3, 0.4) is 0 Å². The second-order valence-electron chi connectivity index (χ2n) is 6.80. The van der Waals surface area contributed by atoms with E-state index in [-0.39, 0.29) is 11.3 Å². The number of halogens is 1. The van der Waals surface area contributed by atoms with Crippen molar-refractivity contribution in [1.29, 1.82) is 0 Å². The maximum atomic E-state index is 13.0. The molecule has 1 saturated heterocycles. The Balaban J connectivity index is 1.94. The van der Waals surface area contributed by atoms with Crippen molar-refractivity contribution in [3.8, 4) is 0 Å². The molecule has 0 radical (unpaired) electrons. The number of carbonyl (C=O) groups is 2. The lowest BCUT2D eigenvalue weighted by Gasteiger charge is -2.25. The van der Waals surface area contributed by atoms with Crippen molar-refractivity contribution < 1.29 is 14.7 Å². The SMILES string of the molecule is Cc1cccc(N2C(=O)C(=O)/C(=C(/O)c3ccc(Br)cc3)C2c2cccnc2)c1. The molecule has 4 rings (SSSR count). The van der Waals surface area contributed by atoms with E-state index in [1.807, 2.05) is 25.1 Å². The average Bonchev–Trinajstić information content (AvgIpc) is 2.99. The van der Waals surface area contributed by atoms with Crippen LogP contribution in [0.1, 0.15) is 22.7 Å². The molecule has 1 fully saturated rings. The summed E-state index contributed by atoms with van der Waals surface area (Å²) >= 11 is 3.36. The number of amides is 1. The summed E-state index contributed by atoms with van der Waals surface area (Å²) < 4.78 is 0.845. The van der Waals surface area contributed by atoms with Crippen LogP contribution in [0.4, 0.5) is 5.69 Å². The Bertz CT molecular complexity index is 1120. The number of benzene rings is 2. The predicted molar refractivity (Wildman–Crippen MR) is 114 cm³/mol. The second kappa shape index (κ2) is 7.64. The summed E-state index contributed by atoms with van der Waals surface area (Å²) in [7, 11) is 0. The Labute approximate surface area is 176 Å². The minimum atomic E-state index is -0.769. The van der Waals surface area contributed by atoms with Gasteiger partial charge in [-0.3, -0.25) is 19.5 Å². The summed E-state index contributed by atoms with van der Waals surface area (Å²) in [5, 5.41) is 11.0. The zero-order valence-corrected chi connectivity index (χ0v) is 17.1. The van der Waals surface area contributed by atoms with Gasteiger partial charge in [-0.05, 0) is 48.4 Å². The number of anilines is 1. The Hall–Kier alpha value is -3.25. The van der Waals surface area contributed by atoms with Gasteiger partial charge in [0.25, 0.3) is 11.7 Å². The van der Waals surface area contributed by atoms with Gasteiger partial charge in [0.1, 0.15) is 5.76 Å². The van der Waals surface area contributed by atoms with E-state index in [2.05, 4.69) is 20.9 Å². The smallest absolute Gasteiger partial charge is 0.300 e. The highest BCUT2D eigenvalue weighted by molar-refractivity contribution is 9.10. The number of carbonyl (C=O) groups excluding carboxylic acids is 2. The fraction of sp³-hybridized carbons (Fsp3) is 0.0870. The van der Waals surface area contributed by atoms with E-state index in [1.165, 1.54) is 4.90 Å². The highest BCUT2D eigenvalue weighted by Crippen LogP contribution is 2.42. The van der Waals surface area contributed by atoms with Crippen LogP contribution in [0.15, 0.2) is 83.1 Å². The van der Waals surface area contributed by atoms with Crippen LogP contribution in [0.5, 0.6) is 0 Å². The number of hydrogen-bond acceptors (Lipinski definition) is 4. The van der Waals surface area contributed by atoms with Crippen LogP contribution in [0.25, 0.3) is 5.76 Å². The summed E-state index contributed by atoms with van der Waals surface area (Å²) in [5.41, 5.74) is 2.71. The minimum Gasteiger partial charge on any atom is -0.507 e. The molecule has 0 saturated carbocycles. The molecule has 1 aromatic heterocycles. The number of aliphatic hydroxyl groups excluding tert-OH is 1. The Morgan fingerprint density at radius 2 is 1.83 bits per heavy atom. The fourth-order valence-corrected chi connectivity index (χ4v) is 3.76. The van der Waals surface area contributed by atoms with Gasteiger partial charge in [0.05, 0.1) is 11.6 Å². The first-order valence-corrected chi connectivity index (χ1v) is 9.80. The van der Waals surface area contributed by atoms with Gasteiger partial charge in [-0.25, -0.2) is 0 Å². The van der Waals surface area contributed by atoms with Gasteiger partial charge >= 0.3 is 0 Å². The highest BCUT2D eigenvalue weighted by atomic mass is 79.9. The number of hydrogen-bond donors (Lipinski definition) is 1. The van der Waals surface area contributed by atoms with Crippen molar-refractivity contribution in [3.63, 3.8) is 0 Å². The lowest BCUT2D eigenvalue weighted by atomic mass is 9.96. The Kier molecular flexibility index (Phi) is 5.03. The van der Waals surface area contributed by atoms with Crippen LogP contribution in [-0.4, -0.2) is 21.8 Å². The molecule has 29 heavy (non-hydrogen) atoms. The molecule has 3 aromatic rings. The number of Topliss-reactive ketones (excluding diaryl/α,β-unsaturated/α-hetero) is 1. The first kappa shape index (κ1) is 19.1. The number of aryl methyl sites for hydroxylation is 1. The molecule has 2 heterocycles. The van der Waals surface area contributed by atoms with Crippen LogP contribution in [0.2, 0.25) is 0 Å². The molecular weight excluding hydrogens is 432 g/mol. The van der Waals surface area contributed by atoms with Crippen molar-refractivity contribution >= 4 is 39.1 Å². The predicted octanol–water partition coefficient (Wildman–Crippen LogP) is 4.78. The summed E-state index contributed by atoms with van der Waals surface area (Å²) in [5.74, 6) is -1.61. The molecule has 1 aliphatic rings. The summed E-state index contributed by atoms with van der Waals surface area (Å²) in [4.78, 5) is 31.6. The van der Waals surface area contributed by atoms with Gasteiger partial charge in [-0.1, -0.05) is 46.3 Å². The standard InChI is InChI=1S/C23H17BrN2O3/c1-14-4-2-6-18(12-14)26-20(16-5-3-11-25-13-16)19(22(28)23(26)29)21(27)15-7-9-17(24)10-8-15/h2-13,20,27H,1H3/b21-19+. The number of nitrogens with zero attached hydrogens (tertiary/aromatic N) is 2. The third kappa shape index (κ3) is 3.47. The summed E-state index contributed by atoms with van der Waals surface area (Å²) in [6.07, 6.45) is 3.23. The van der Waals surface area contributed by atoms with Gasteiger partial charge in [0.15, 0.2) is 0 Å². The Morgan fingerprint density at radius 3 is 2.48 bits per heavy atom. The van der Waals surface area contributed by atoms with Gasteiger partial charge < -0.3 is 5.11 Å². The number of aromatic nitrogens is 1. The Morgan fingerprint density at radius 1 is 1.07 bits per heavy atom. The van der Waals surface area contributed by atoms with Gasteiger partial charge in [0, 0.05) is 28.1 Å². The van der Waals surface area contributed by atoms with Gasteiger partial charge in [0.2, 0.25) is 0 Å². The van der Waals surface area contributed by atoms with E-state index >= 15 is 0 Å². The fourth-order valence-electron chi connectivity index (χ4n) is 3.49. The van der Waals surface area contributed by atoms with E-state index in [1.54, 1.807) is 54.9 Å². The molecule has 1 N–H and O–H groups in total. The summed E-state index contributed by atoms with van der Waals surface area (Å²) in [6, 6.07) is 17.1. The average molecular weight is 449 g/mol. The van der Waals surface area contributed by atoms with E-state index in [0.717, 1.165) is 10.0 Å². The number of pyridine rings is 1. The zero-order chi connectivity index (χ0) is 20.5. The second-order valence-corrected chi connectivity index (χ2v) is 7.72. The van der Waals surface area contributed by atoms with Crippen molar-refractivity contribution in [1.82, 2.24) is 4.98 Å². The maximum absolute atomic E-state index is 13.0.